The number of imide groups is 1. The number of carboxylic acid groups (broad SMARTS) is 1. The van der Waals surface area contributed by atoms with Gasteiger partial charge in [0.25, 0.3) is 0 Å². The molecule has 0 saturated carbocycles. The third-order valence-corrected chi connectivity index (χ3v) is 8.62. The van der Waals surface area contributed by atoms with Gasteiger partial charge < -0.3 is 21.3 Å². The Kier molecular flexibility index (Phi) is 8.66. The molecular formula is C25H29N7NaO7S+. The second-order valence-electron chi connectivity index (χ2n) is 10.2. The Balaban J connectivity index is 0.00000242. The Labute approximate surface area is 262 Å². The molecule has 3 saturated heterocycles. The first kappa shape index (κ1) is 30.7. The van der Waals surface area contributed by atoms with Crippen LogP contribution in [0.5, 0.6) is 0 Å². The van der Waals surface area contributed by atoms with Crippen LogP contribution in [-0.4, -0.2) is 91.1 Å². The summed E-state index contributed by atoms with van der Waals surface area (Å²) in [4.78, 5) is 66.1. The summed E-state index contributed by atoms with van der Waals surface area (Å²) < 4.78 is 3.24. The zero-order chi connectivity index (χ0) is 28.8. The van der Waals surface area contributed by atoms with Crippen molar-refractivity contribution in [3.05, 3.63) is 53.4 Å². The average molecular weight is 595 g/mol. The van der Waals surface area contributed by atoms with Gasteiger partial charge in [0.15, 0.2) is 0 Å². The molecule has 1 aromatic heterocycles. The zero-order valence-electron chi connectivity index (χ0n) is 23.9. The number of thioether (sulfide) groups is 1. The van der Waals surface area contributed by atoms with Crippen LogP contribution < -0.4 is 45.5 Å². The van der Waals surface area contributed by atoms with E-state index in [1.54, 1.807) is 57.2 Å². The van der Waals surface area contributed by atoms with E-state index in [0.717, 1.165) is 0 Å². The molecule has 5 rings (SSSR count). The Bertz CT molecular complexity index is 1420. The predicted molar refractivity (Wildman–Crippen MR) is 142 cm³/mol. The van der Waals surface area contributed by atoms with Crippen LogP contribution in [0.2, 0.25) is 0 Å². The minimum absolute atomic E-state index is 0. The number of β-lactam (4-membered cyclic amide) rings is 1. The fourth-order valence-corrected chi connectivity index (χ4v) is 6.70. The molecule has 16 heteroatoms. The summed E-state index contributed by atoms with van der Waals surface area (Å²) in [6.07, 6.45) is 1.25. The van der Waals surface area contributed by atoms with E-state index < -0.39 is 62.7 Å². The largest absolute Gasteiger partial charge is 1.00 e. The average Bonchev–Trinajstić information content (AvgIpc) is 3.58. The van der Waals surface area contributed by atoms with Gasteiger partial charge in [0, 0.05) is 10.8 Å². The summed E-state index contributed by atoms with van der Waals surface area (Å²) in [6.45, 7) is 5.32. The SMILES string of the molecule is Cc1cc(C=N[N+]2(C(=O)NC(C(=O)N[C@@H]3C(=O)N4[C@@H]3SC(C)(C)[C@@H]4C(=O)O)c3ccccc3)CCNC2=O)no1.[H-].[Na+]. The molecule has 3 fully saturated rings. The quantitative estimate of drug-likeness (QED) is 0.123. The number of fused-ring (bicyclic) bond motifs is 1. The van der Waals surface area contributed by atoms with Crippen molar-refractivity contribution in [1.29, 1.82) is 0 Å². The summed E-state index contributed by atoms with van der Waals surface area (Å²) in [7, 11) is 0. The molecule has 0 aliphatic carbocycles. The number of aryl methyl sites for hydroxylation is 1. The van der Waals surface area contributed by atoms with Gasteiger partial charge in [-0.1, -0.05) is 40.6 Å². The Morgan fingerprint density at radius 1 is 1.32 bits per heavy atom. The van der Waals surface area contributed by atoms with Gasteiger partial charge in [-0.3, -0.25) is 20.2 Å². The van der Waals surface area contributed by atoms with Crippen molar-refractivity contribution in [2.24, 2.45) is 5.10 Å². The van der Waals surface area contributed by atoms with Gasteiger partial charge in [0.1, 0.15) is 47.7 Å². The number of benzene rings is 1. The maximum absolute atomic E-state index is 13.6. The molecule has 4 N–H and O–H groups in total. The molecule has 3 aliphatic rings. The number of hydrogen-bond donors (Lipinski definition) is 4. The van der Waals surface area contributed by atoms with Crippen molar-refractivity contribution < 1.29 is 69.2 Å². The molecule has 1 aromatic carbocycles. The molecule has 5 atom stereocenters. The molecule has 212 valence electrons. The number of aromatic nitrogens is 1. The summed E-state index contributed by atoms with van der Waals surface area (Å²) in [5.41, 5.74) is 0.721. The van der Waals surface area contributed by atoms with Crippen molar-refractivity contribution in [2.75, 3.05) is 13.1 Å². The first-order chi connectivity index (χ1) is 18.9. The van der Waals surface area contributed by atoms with Crippen molar-refractivity contribution in [3.63, 3.8) is 0 Å². The van der Waals surface area contributed by atoms with Gasteiger partial charge in [-0.2, -0.15) is 0 Å². The predicted octanol–water partition coefficient (Wildman–Crippen LogP) is -1.94. The standard InChI is InChI=1S/C25H27N7O7S.Na.H/c1-13-11-15(30-39-13)12-27-32(10-9-26-23(32)37)24(38)29-16(14-7-5-4-6-8-14)19(33)28-17-20(34)31-18(22(35)36)25(2,3)40-21(17)31;;/h4-8,11-12,16-18,21H,9-10H2,1-3H3,(H3-,26,28,29,33,35,36,37,38);;/q;+1;-1/p+1/t16?,17-,18+,21-,32?;;/m1../s1. The second kappa shape index (κ2) is 11.6. The monoisotopic (exact) mass is 594 g/mol. The summed E-state index contributed by atoms with van der Waals surface area (Å²) in [6, 6.07) is 5.12. The molecule has 41 heavy (non-hydrogen) atoms. The van der Waals surface area contributed by atoms with Gasteiger partial charge in [0.2, 0.25) is 11.8 Å². The van der Waals surface area contributed by atoms with E-state index in [4.69, 9.17) is 4.52 Å². The smallest absolute Gasteiger partial charge is 1.00 e. The molecule has 0 spiro atoms. The number of hydrogen-bond acceptors (Lipinski definition) is 9. The van der Waals surface area contributed by atoms with Gasteiger partial charge in [0.05, 0.1) is 6.54 Å². The van der Waals surface area contributed by atoms with Gasteiger partial charge in [-0.05, 0) is 30.9 Å². The molecule has 2 unspecified atom stereocenters. The number of carboxylic acids is 1. The van der Waals surface area contributed by atoms with Gasteiger partial charge in [-0.15, -0.1) is 11.8 Å². The number of nitrogens with zero attached hydrogens (tertiary/aromatic N) is 4. The number of nitrogens with one attached hydrogen (secondary N) is 3. The molecule has 2 aromatic rings. The Hall–Kier alpha value is -3.24. The van der Waals surface area contributed by atoms with E-state index >= 15 is 0 Å². The topological polar surface area (TPSA) is 183 Å². The molecule has 0 radical (unpaired) electrons. The number of urea groups is 2. The first-order valence-electron chi connectivity index (χ1n) is 12.5. The molecule has 3 aliphatic heterocycles. The summed E-state index contributed by atoms with van der Waals surface area (Å²) in [5.74, 6) is -1.81. The first-order valence-corrected chi connectivity index (χ1v) is 13.4. The normalized spacial score (nSPS) is 26.9. The minimum Gasteiger partial charge on any atom is -1.00 e. The summed E-state index contributed by atoms with van der Waals surface area (Å²) >= 11 is 1.29. The summed E-state index contributed by atoms with van der Waals surface area (Å²) in [5, 5.41) is 25.0. The zero-order valence-corrected chi connectivity index (χ0v) is 25.7. The van der Waals surface area contributed by atoms with E-state index in [-0.39, 0.29) is 44.1 Å². The number of rotatable bonds is 7. The second-order valence-corrected chi connectivity index (χ2v) is 12.0. The minimum atomic E-state index is -1.28. The van der Waals surface area contributed by atoms with E-state index in [9.17, 15) is 29.1 Å². The van der Waals surface area contributed by atoms with Crippen molar-refractivity contribution in [2.45, 2.75) is 49.0 Å². The number of quaternary nitrogens is 1. The molecule has 4 heterocycles. The molecule has 0 bridgehead atoms. The van der Waals surface area contributed by atoms with Crippen LogP contribution in [0.15, 0.2) is 46.0 Å². The van der Waals surface area contributed by atoms with Crippen LogP contribution >= 0.6 is 11.8 Å². The maximum atomic E-state index is 13.6. The van der Waals surface area contributed by atoms with Crippen LogP contribution in [-0.2, 0) is 14.4 Å². The van der Waals surface area contributed by atoms with Crippen LogP contribution in [0.1, 0.15) is 38.3 Å². The third-order valence-electron chi connectivity index (χ3n) is 7.05. The maximum Gasteiger partial charge on any atom is 1.00 e. The number of carbonyl (C=O) groups is 5. The Morgan fingerprint density at radius 3 is 2.61 bits per heavy atom. The fraction of sp³-hybridized carbons (Fsp3) is 0.400. The Morgan fingerprint density at radius 2 is 2.02 bits per heavy atom. The van der Waals surface area contributed by atoms with Crippen molar-refractivity contribution in [1.82, 2.24) is 26.0 Å². The fourth-order valence-electron chi connectivity index (χ4n) is 5.08. The van der Waals surface area contributed by atoms with Crippen molar-refractivity contribution in [3.8, 4) is 0 Å². The number of aliphatic carboxylic acids is 1. The number of carbonyl (C=O) groups excluding carboxylic acids is 4. The van der Waals surface area contributed by atoms with E-state index in [2.05, 4.69) is 26.2 Å². The molecule has 6 amide bonds. The van der Waals surface area contributed by atoms with E-state index in [0.29, 0.717) is 17.0 Å². The van der Waals surface area contributed by atoms with E-state index in [1.807, 2.05) is 0 Å². The van der Waals surface area contributed by atoms with Gasteiger partial charge >= 0.3 is 47.6 Å². The molecular weight excluding hydrogens is 565 g/mol. The third kappa shape index (κ3) is 5.51. The van der Waals surface area contributed by atoms with E-state index in [1.165, 1.54) is 22.9 Å². The van der Waals surface area contributed by atoms with Gasteiger partial charge in [-0.25, -0.2) is 14.4 Å². The van der Waals surface area contributed by atoms with Crippen LogP contribution in [0, 0.1) is 6.92 Å². The molecule has 14 nitrogen and oxygen atoms in total. The van der Waals surface area contributed by atoms with Crippen molar-refractivity contribution >= 4 is 47.8 Å². The van der Waals surface area contributed by atoms with Crippen LogP contribution in [0.3, 0.4) is 0 Å². The van der Waals surface area contributed by atoms with Crippen LogP contribution in [0.4, 0.5) is 9.59 Å². The number of amides is 6. The van der Waals surface area contributed by atoms with Crippen LogP contribution in [0.25, 0.3) is 0 Å².